The quantitative estimate of drug-likeness (QED) is 0.788. The molecule has 20 heavy (non-hydrogen) atoms. The van der Waals surface area contributed by atoms with E-state index in [4.69, 9.17) is 9.84 Å². The lowest BCUT2D eigenvalue weighted by molar-refractivity contribution is -0.131. The zero-order valence-corrected chi connectivity index (χ0v) is 12.0. The molecule has 1 aliphatic carbocycles. The van der Waals surface area contributed by atoms with Crippen LogP contribution < -0.4 is 5.32 Å². The first-order valence-electron chi connectivity index (χ1n) is 6.51. The van der Waals surface area contributed by atoms with E-state index in [-0.39, 0.29) is 18.1 Å². The molecule has 2 rings (SSSR count). The summed E-state index contributed by atoms with van der Waals surface area (Å²) < 4.78 is 5.44. The number of hydrogen-bond acceptors (Lipinski definition) is 4. The summed E-state index contributed by atoms with van der Waals surface area (Å²) in [6.45, 7) is 2.67. The first-order valence-corrected chi connectivity index (χ1v) is 7.33. The molecule has 108 valence electrons. The van der Waals surface area contributed by atoms with Crippen molar-refractivity contribution in [2.45, 2.75) is 31.9 Å². The Morgan fingerprint density at radius 3 is 2.90 bits per heavy atom. The molecule has 1 aromatic rings. The van der Waals surface area contributed by atoms with Crippen LogP contribution in [-0.2, 0) is 9.53 Å². The summed E-state index contributed by atoms with van der Waals surface area (Å²) in [7, 11) is 0. The molecule has 0 aliphatic heterocycles. The summed E-state index contributed by atoms with van der Waals surface area (Å²) in [5.41, 5.74) is 0. The molecule has 0 unspecified atom stereocenters. The van der Waals surface area contributed by atoms with Gasteiger partial charge in [-0.3, -0.25) is 4.79 Å². The molecule has 1 amide bonds. The molecule has 0 saturated heterocycles. The number of aliphatic carboxylic acids is 1. The van der Waals surface area contributed by atoms with Gasteiger partial charge in [-0.2, -0.15) is 0 Å². The van der Waals surface area contributed by atoms with Gasteiger partial charge in [-0.25, -0.2) is 4.79 Å². The third-order valence-corrected chi connectivity index (χ3v) is 4.12. The van der Waals surface area contributed by atoms with Crippen LogP contribution in [0.2, 0.25) is 0 Å². The summed E-state index contributed by atoms with van der Waals surface area (Å²) >= 11 is 1.28. The number of ether oxygens (including phenoxy) is 1. The van der Waals surface area contributed by atoms with Crippen LogP contribution in [0.15, 0.2) is 18.2 Å². The molecule has 1 heterocycles. The molecule has 0 radical (unpaired) electrons. The van der Waals surface area contributed by atoms with Gasteiger partial charge in [0.25, 0.3) is 5.91 Å². The van der Waals surface area contributed by atoms with Crippen molar-refractivity contribution in [1.29, 1.82) is 0 Å². The summed E-state index contributed by atoms with van der Waals surface area (Å²) in [5.74, 6) is -1.11. The van der Waals surface area contributed by atoms with Crippen LogP contribution in [0.25, 0.3) is 6.08 Å². The Bertz CT molecular complexity index is 517. The van der Waals surface area contributed by atoms with Gasteiger partial charge in [0.05, 0.1) is 11.0 Å². The van der Waals surface area contributed by atoms with E-state index in [1.54, 1.807) is 12.1 Å². The Morgan fingerprint density at radius 1 is 1.50 bits per heavy atom. The molecule has 0 atom stereocenters. The Labute approximate surface area is 121 Å². The number of hydrogen-bond donors (Lipinski definition) is 2. The van der Waals surface area contributed by atoms with Gasteiger partial charge in [0.15, 0.2) is 0 Å². The fourth-order valence-electron chi connectivity index (χ4n) is 2.03. The van der Waals surface area contributed by atoms with Crippen LogP contribution in [0, 0.1) is 0 Å². The largest absolute Gasteiger partial charge is 0.478 e. The zero-order valence-electron chi connectivity index (χ0n) is 11.2. The highest BCUT2D eigenvalue weighted by Crippen LogP contribution is 2.24. The smallest absolute Gasteiger partial charge is 0.328 e. The summed E-state index contributed by atoms with van der Waals surface area (Å²) in [6.07, 6.45) is 4.53. The van der Waals surface area contributed by atoms with Crippen molar-refractivity contribution in [2.75, 3.05) is 6.61 Å². The normalized spacial score (nSPS) is 21.6. The highest BCUT2D eigenvalue weighted by atomic mass is 32.1. The second kappa shape index (κ2) is 6.67. The number of carboxylic acids is 1. The number of nitrogens with one attached hydrogen (secondary N) is 1. The number of carbonyl (C=O) groups is 2. The molecular weight excluding hydrogens is 278 g/mol. The third kappa shape index (κ3) is 3.91. The van der Waals surface area contributed by atoms with Gasteiger partial charge < -0.3 is 15.2 Å². The predicted octanol–water partition coefficient (Wildman–Crippen LogP) is 2.14. The minimum atomic E-state index is -0.999. The number of rotatable bonds is 6. The number of amides is 1. The molecule has 1 aromatic heterocycles. The lowest BCUT2D eigenvalue weighted by atomic mass is 9.89. The van der Waals surface area contributed by atoms with Crippen molar-refractivity contribution in [2.24, 2.45) is 0 Å². The average molecular weight is 295 g/mol. The SMILES string of the molecule is CCOC1CC(NC(=O)c2ccc(/C=C/C(=O)O)s2)C1. The summed E-state index contributed by atoms with van der Waals surface area (Å²) in [4.78, 5) is 23.7. The minimum Gasteiger partial charge on any atom is -0.478 e. The van der Waals surface area contributed by atoms with Crippen LogP contribution in [0.4, 0.5) is 0 Å². The van der Waals surface area contributed by atoms with E-state index in [1.165, 1.54) is 17.4 Å². The van der Waals surface area contributed by atoms with Gasteiger partial charge in [-0.15, -0.1) is 11.3 Å². The molecule has 6 heteroatoms. The van der Waals surface area contributed by atoms with E-state index in [0.29, 0.717) is 11.5 Å². The summed E-state index contributed by atoms with van der Waals surface area (Å²) in [5, 5.41) is 11.5. The molecule has 0 spiro atoms. The maximum atomic E-state index is 12.0. The Hall–Kier alpha value is -1.66. The first-order chi connectivity index (χ1) is 9.58. The minimum absolute atomic E-state index is 0.107. The van der Waals surface area contributed by atoms with Gasteiger partial charge in [0, 0.05) is 23.6 Å². The van der Waals surface area contributed by atoms with Gasteiger partial charge in [-0.1, -0.05) is 0 Å². The van der Waals surface area contributed by atoms with Gasteiger partial charge >= 0.3 is 5.97 Å². The molecule has 0 aromatic carbocycles. The van der Waals surface area contributed by atoms with Crippen LogP contribution in [0.3, 0.4) is 0 Å². The monoisotopic (exact) mass is 295 g/mol. The van der Waals surface area contributed by atoms with Crippen LogP contribution in [0.1, 0.15) is 34.3 Å². The number of carbonyl (C=O) groups excluding carboxylic acids is 1. The molecule has 2 N–H and O–H groups in total. The molecule has 1 fully saturated rings. The van der Waals surface area contributed by atoms with Crippen LogP contribution >= 0.6 is 11.3 Å². The van der Waals surface area contributed by atoms with E-state index in [0.717, 1.165) is 23.8 Å². The van der Waals surface area contributed by atoms with Crippen LogP contribution in [-0.4, -0.2) is 35.7 Å². The van der Waals surface area contributed by atoms with Gasteiger partial charge in [0.1, 0.15) is 0 Å². The molecule has 1 saturated carbocycles. The zero-order chi connectivity index (χ0) is 14.5. The fourth-order valence-corrected chi connectivity index (χ4v) is 2.84. The van der Waals surface area contributed by atoms with Crippen molar-refractivity contribution in [3.63, 3.8) is 0 Å². The van der Waals surface area contributed by atoms with Crippen LogP contribution in [0.5, 0.6) is 0 Å². The van der Waals surface area contributed by atoms with E-state index in [2.05, 4.69) is 5.32 Å². The first kappa shape index (κ1) is 14.7. The van der Waals surface area contributed by atoms with Crippen molar-refractivity contribution >= 4 is 29.3 Å². The van der Waals surface area contributed by atoms with Crippen molar-refractivity contribution in [3.8, 4) is 0 Å². The highest BCUT2D eigenvalue weighted by Gasteiger charge is 2.31. The molecule has 1 aliphatic rings. The Balaban J connectivity index is 1.83. The molecule has 0 bridgehead atoms. The maximum Gasteiger partial charge on any atom is 0.328 e. The summed E-state index contributed by atoms with van der Waals surface area (Å²) in [6, 6.07) is 3.63. The van der Waals surface area contributed by atoms with Gasteiger partial charge in [0.2, 0.25) is 0 Å². The molecule has 5 nitrogen and oxygen atoms in total. The van der Waals surface area contributed by atoms with Gasteiger partial charge in [-0.05, 0) is 38.0 Å². The average Bonchev–Trinajstić information content (AvgIpc) is 2.82. The topological polar surface area (TPSA) is 75.6 Å². The highest BCUT2D eigenvalue weighted by molar-refractivity contribution is 7.14. The predicted molar refractivity (Wildman–Crippen MR) is 76.9 cm³/mol. The Morgan fingerprint density at radius 2 is 2.25 bits per heavy atom. The van der Waals surface area contributed by atoms with E-state index in [1.807, 2.05) is 6.92 Å². The van der Waals surface area contributed by atoms with Crippen molar-refractivity contribution < 1.29 is 19.4 Å². The van der Waals surface area contributed by atoms with E-state index >= 15 is 0 Å². The lowest BCUT2D eigenvalue weighted by Crippen LogP contribution is -2.47. The number of thiophene rings is 1. The van der Waals surface area contributed by atoms with E-state index in [9.17, 15) is 9.59 Å². The van der Waals surface area contributed by atoms with Crippen molar-refractivity contribution in [3.05, 3.63) is 28.0 Å². The maximum absolute atomic E-state index is 12.0. The molecular formula is C14H17NO4S. The van der Waals surface area contributed by atoms with E-state index < -0.39 is 5.97 Å². The second-order valence-electron chi connectivity index (χ2n) is 4.59. The number of carboxylic acid groups (broad SMARTS) is 1. The Kier molecular flexibility index (Phi) is 4.92. The standard InChI is InChI=1S/C14H17NO4S/c1-2-19-10-7-9(8-10)15-14(18)12-5-3-11(20-12)4-6-13(16)17/h3-6,9-10H,2,7-8H2,1H3,(H,15,18)(H,16,17)/b6-4+. The second-order valence-corrected chi connectivity index (χ2v) is 5.71. The third-order valence-electron chi connectivity index (χ3n) is 3.07. The van der Waals surface area contributed by atoms with Crippen molar-refractivity contribution in [1.82, 2.24) is 5.32 Å². The lowest BCUT2D eigenvalue weighted by Gasteiger charge is -2.35. The fraction of sp³-hybridized carbons (Fsp3) is 0.429.